The molecule has 2 heterocycles. The molecule has 1 aromatic carbocycles. The summed E-state index contributed by atoms with van der Waals surface area (Å²) in [5, 5.41) is 3.76. The molecule has 0 fully saturated rings. The van der Waals surface area contributed by atoms with E-state index < -0.39 is 0 Å². The van der Waals surface area contributed by atoms with Crippen molar-refractivity contribution >= 4 is 34.8 Å². The second-order valence-electron chi connectivity index (χ2n) is 4.89. The Morgan fingerprint density at radius 2 is 2.08 bits per heavy atom. The van der Waals surface area contributed by atoms with Gasteiger partial charge in [0, 0.05) is 6.92 Å². The lowest BCUT2D eigenvalue weighted by molar-refractivity contribution is 0.105. The molecule has 24 heavy (non-hydrogen) atoms. The van der Waals surface area contributed by atoms with Crippen LogP contribution in [0.25, 0.3) is 6.08 Å². The number of nitrogens with zero attached hydrogens (tertiary/aromatic N) is 2. The van der Waals surface area contributed by atoms with Crippen LogP contribution < -0.4 is 4.74 Å². The van der Waals surface area contributed by atoms with Crippen LogP contribution in [0.4, 0.5) is 0 Å². The van der Waals surface area contributed by atoms with Crippen molar-refractivity contribution in [2.24, 2.45) is 0 Å². The highest BCUT2D eigenvalue weighted by Gasteiger charge is 2.05. The molecule has 0 aliphatic carbocycles. The molecule has 0 spiro atoms. The van der Waals surface area contributed by atoms with E-state index in [9.17, 15) is 4.79 Å². The number of ketones is 1. The van der Waals surface area contributed by atoms with E-state index in [1.54, 1.807) is 25.1 Å². The zero-order valence-electron chi connectivity index (χ0n) is 12.7. The number of allylic oxidation sites excluding steroid dienone is 1. The average molecular weight is 361 g/mol. The van der Waals surface area contributed by atoms with Crippen molar-refractivity contribution in [3.05, 3.63) is 69.0 Å². The second kappa shape index (κ2) is 7.42. The lowest BCUT2D eigenvalue weighted by Gasteiger charge is -2.03. The summed E-state index contributed by atoms with van der Waals surface area (Å²) in [6, 6.07) is 10.8. The largest absolute Gasteiger partial charge is 0.485 e. The van der Waals surface area contributed by atoms with Gasteiger partial charge < -0.3 is 9.26 Å². The van der Waals surface area contributed by atoms with E-state index in [2.05, 4.69) is 10.1 Å². The van der Waals surface area contributed by atoms with Crippen LogP contribution in [0.5, 0.6) is 5.75 Å². The predicted octanol–water partition coefficient (Wildman–Crippen LogP) is 4.57. The van der Waals surface area contributed by atoms with Crippen LogP contribution in [0.2, 0.25) is 4.34 Å². The van der Waals surface area contributed by atoms with E-state index in [-0.39, 0.29) is 12.4 Å². The first-order valence-electron chi connectivity index (χ1n) is 7.10. The molecule has 0 aliphatic heterocycles. The van der Waals surface area contributed by atoms with Gasteiger partial charge in [0.05, 0.1) is 9.21 Å². The normalized spacial score (nSPS) is 11.1. The van der Waals surface area contributed by atoms with Crippen LogP contribution >= 0.6 is 22.9 Å². The Morgan fingerprint density at radius 3 is 2.71 bits per heavy atom. The molecule has 0 unspecified atom stereocenters. The number of carbonyl (C=O) groups is 1. The van der Waals surface area contributed by atoms with Gasteiger partial charge in [-0.2, -0.15) is 4.98 Å². The number of ether oxygens (including phenoxy) is 1. The molecule has 0 saturated carbocycles. The topological polar surface area (TPSA) is 65.2 Å². The first-order valence-corrected chi connectivity index (χ1v) is 8.29. The summed E-state index contributed by atoms with van der Waals surface area (Å²) in [6.07, 6.45) is 3.28. The fourth-order valence-electron chi connectivity index (χ4n) is 1.92. The zero-order chi connectivity index (χ0) is 16.9. The molecule has 0 saturated heterocycles. The van der Waals surface area contributed by atoms with Gasteiger partial charge in [-0.1, -0.05) is 35.0 Å². The van der Waals surface area contributed by atoms with E-state index in [0.29, 0.717) is 26.7 Å². The van der Waals surface area contributed by atoms with E-state index in [0.717, 1.165) is 5.56 Å². The molecule has 5 nitrogen and oxygen atoms in total. The summed E-state index contributed by atoms with van der Waals surface area (Å²) in [4.78, 5) is 16.7. The maximum absolute atomic E-state index is 12.0. The van der Waals surface area contributed by atoms with Gasteiger partial charge in [-0.3, -0.25) is 4.79 Å². The van der Waals surface area contributed by atoms with Crippen LogP contribution in [-0.4, -0.2) is 15.9 Å². The van der Waals surface area contributed by atoms with Crippen LogP contribution in [0.15, 0.2) is 47.0 Å². The number of rotatable bonds is 6. The average Bonchev–Trinajstić information content (AvgIpc) is 3.20. The van der Waals surface area contributed by atoms with Gasteiger partial charge >= 0.3 is 0 Å². The number of hydrogen-bond donors (Lipinski definition) is 0. The van der Waals surface area contributed by atoms with E-state index in [1.165, 1.54) is 17.4 Å². The van der Waals surface area contributed by atoms with E-state index in [4.69, 9.17) is 20.9 Å². The highest BCUT2D eigenvalue weighted by atomic mass is 35.5. The third-order valence-corrected chi connectivity index (χ3v) is 4.31. The number of benzene rings is 1. The molecular weight excluding hydrogens is 348 g/mol. The van der Waals surface area contributed by atoms with Gasteiger partial charge in [-0.15, -0.1) is 11.3 Å². The molecule has 7 heteroatoms. The molecule has 0 radical (unpaired) electrons. The van der Waals surface area contributed by atoms with Gasteiger partial charge in [0.25, 0.3) is 0 Å². The fourth-order valence-corrected chi connectivity index (χ4v) is 2.89. The highest BCUT2D eigenvalue weighted by molar-refractivity contribution is 7.18. The SMILES string of the molecule is Cc1nc(COc2ccc(/C=C/C(=O)c3ccc(Cl)s3)cc2)no1. The third kappa shape index (κ3) is 4.31. The van der Waals surface area contributed by atoms with Crippen LogP contribution in [-0.2, 0) is 6.61 Å². The molecule has 0 atom stereocenters. The summed E-state index contributed by atoms with van der Waals surface area (Å²) < 4.78 is 11.0. The summed E-state index contributed by atoms with van der Waals surface area (Å²) in [6.45, 7) is 1.97. The maximum Gasteiger partial charge on any atom is 0.223 e. The van der Waals surface area contributed by atoms with Gasteiger partial charge in [-0.25, -0.2) is 0 Å². The van der Waals surface area contributed by atoms with Crippen molar-refractivity contribution in [3.63, 3.8) is 0 Å². The standard InChI is InChI=1S/C17H13ClN2O3S/c1-11-19-17(20-23-11)10-22-13-5-2-12(3-6-13)4-7-14(21)15-8-9-16(18)24-15/h2-9H,10H2,1H3/b7-4+. The van der Waals surface area contributed by atoms with Crippen LogP contribution in [0.1, 0.15) is 27.0 Å². The van der Waals surface area contributed by atoms with Crippen molar-refractivity contribution in [1.29, 1.82) is 0 Å². The van der Waals surface area contributed by atoms with Crippen molar-refractivity contribution < 1.29 is 14.1 Å². The van der Waals surface area contributed by atoms with Crippen LogP contribution in [0.3, 0.4) is 0 Å². The Balaban J connectivity index is 1.57. The minimum atomic E-state index is -0.0697. The summed E-state index contributed by atoms with van der Waals surface area (Å²) in [5.41, 5.74) is 0.897. The first-order chi connectivity index (χ1) is 11.6. The summed E-state index contributed by atoms with van der Waals surface area (Å²) in [7, 11) is 0. The number of thiophene rings is 1. The molecule has 122 valence electrons. The molecule has 0 amide bonds. The maximum atomic E-state index is 12.0. The molecular formula is C17H13ClN2O3S. The van der Waals surface area contributed by atoms with Gasteiger partial charge in [0.1, 0.15) is 5.75 Å². The Bertz CT molecular complexity index is 868. The van der Waals surface area contributed by atoms with Crippen molar-refractivity contribution in [3.8, 4) is 5.75 Å². The van der Waals surface area contributed by atoms with Gasteiger partial charge in [0.15, 0.2) is 12.4 Å². The summed E-state index contributed by atoms with van der Waals surface area (Å²) in [5.74, 6) is 1.62. The Kier molecular flexibility index (Phi) is 5.08. The van der Waals surface area contributed by atoms with E-state index >= 15 is 0 Å². The van der Waals surface area contributed by atoms with Crippen molar-refractivity contribution in [2.45, 2.75) is 13.5 Å². The predicted molar refractivity (Wildman–Crippen MR) is 92.5 cm³/mol. The van der Waals surface area contributed by atoms with E-state index in [1.807, 2.05) is 24.3 Å². The minimum Gasteiger partial charge on any atom is -0.485 e. The molecule has 0 bridgehead atoms. The molecule has 2 aromatic heterocycles. The smallest absolute Gasteiger partial charge is 0.223 e. The zero-order valence-corrected chi connectivity index (χ0v) is 14.3. The molecule has 3 rings (SSSR count). The third-order valence-electron chi connectivity index (χ3n) is 3.06. The van der Waals surface area contributed by atoms with Gasteiger partial charge in [0.2, 0.25) is 11.7 Å². The highest BCUT2D eigenvalue weighted by Crippen LogP contribution is 2.22. The fraction of sp³-hybridized carbons (Fsp3) is 0.118. The lowest BCUT2D eigenvalue weighted by Crippen LogP contribution is -1.97. The number of carbonyl (C=O) groups excluding carboxylic acids is 1. The first kappa shape index (κ1) is 16.4. The number of aromatic nitrogens is 2. The molecule has 3 aromatic rings. The summed E-state index contributed by atoms with van der Waals surface area (Å²) >= 11 is 7.09. The Labute approximate surface area is 147 Å². The molecule has 0 aliphatic rings. The quantitative estimate of drug-likeness (QED) is 0.476. The number of halogens is 1. The van der Waals surface area contributed by atoms with Crippen LogP contribution in [0, 0.1) is 6.92 Å². The van der Waals surface area contributed by atoms with Crippen molar-refractivity contribution in [1.82, 2.24) is 10.1 Å². The number of aryl methyl sites for hydroxylation is 1. The minimum absolute atomic E-state index is 0.0697. The Morgan fingerprint density at radius 1 is 1.29 bits per heavy atom. The second-order valence-corrected chi connectivity index (χ2v) is 6.60. The Hall–Kier alpha value is -2.44. The molecule has 0 N–H and O–H groups in total. The lowest BCUT2D eigenvalue weighted by atomic mass is 10.2. The number of hydrogen-bond acceptors (Lipinski definition) is 6. The van der Waals surface area contributed by atoms with Gasteiger partial charge in [-0.05, 0) is 35.9 Å². The monoisotopic (exact) mass is 360 g/mol. The van der Waals surface area contributed by atoms with Crippen molar-refractivity contribution in [2.75, 3.05) is 0 Å².